The summed E-state index contributed by atoms with van der Waals surface area (Å²) in [6, 6.07) is 36.6. The molecule has 4 aromatic carbocycles. The van der Waals surface area contributed by atoms with Gasteiger partial charge in [-0.2, -0.15) is 0 Å². The molecule has 51 heavy (non-hydrogen) atoms. The van der Waals surface area contributed by atoms with E-state index in [1.807, 2.05) is 103 Å². The van der Waals surface area contributed by atoms with E-state index in [0.717, 1.165) is 11.1 Å². The number of methoxy groups -OCH3 is 2. The van der Waals surface area contributed by atoms with Crippen LogP contribution in [-0.2, 0) is 11.3 Å². The first-order valence-corrected chi connectivity index (χ1v) is 16.5. The van der Waals surface area contributed by atoms with E-state index in [9.17, 15) is 0 Å². The Bertz CT molecular complexity index is 2300. The molecule has 1 atom stereocenters. The molecular formula is C40H29ClN8O2. The van der Waals surface area contributed by atoms with Gasteiger partial charge in [0.05, 0.1) is 53.5 Å². The zero-order valence-corrected chi connectivity index (χ0v) is 28.3. The number of ether oxygens (including phenoxy) is 2. The lowest BCUT2D eigenvalue weighted by Crippen LogP contribution is -2.44. The Morgan fingerprint density at radius 3 is 1.47 bits per heavy atom. The van der Waals surface area contributed by atoms with Crippen molar-refractivity contribution in [2.75, 3.05) is 14.2 Å². The molecule has 4 heterocycles. The Morgan fingerprint density at radius 2 is 0.980 bits per heavy atom. The first kappa shape index (κ1) is 31.9. The molecule has 0 N–H and O–H groups in total. The lowest BCUT2D eigenvalue weighted by molar-refractivity contribution is 0.243. The largest absolute Gasteiger partial charge is 0.493 e. The molecule has 6 aromatic rings. The van der Waals surface area contributed by atoms with Gasteiger partial charge in [0.2, 0.25) is 11.3 Å². The molecule has 2 aromatic heterocycles. The number of halogens is 1. The van der Waals surface area contributed by atoms with Crippen LogP contribution < -0.4 is 9.47 Å². The maximum Gasteiger partial charge on any atom is 0.245 e. The predicted octanol–water partition coefficient (Wildman–Crippen LogP) is 6.93. The predicted molar refractivity (Wildman–Crippen MR) is 197 cm³/mol. The van der Waals surface area contributed by atoms with Gasteiger partial charge in [0.15, 0.2) is 11.5 Å². The second-order valence-electron chi connectivity index (χ2n) is 11.7. The number of benzene rings is 4. The summed E-state index contributed by atoms with van der Waals surface area (Å²) in [5, 5.41) is 0.493. The summed E-state index contributed by atoms with van der Waals surface area (Å²) in [6.45, 7) is 0. The Kier molecular flexibility index (Phi) is 8.21. The van der Waals surface area contributed by atoms with Crippen molar-refractivity contribution in [3.8, 4) is 11.5 Å². The molecule has 0 aliphatic carbocycles. The van der Waals surface area contributed by atoms with Crippen LogP contribution in [0.15, 0.2) is 160 Å². The molecule has 0 radical (unpaired) electrons. The number of aliphatic imine (C=N–C) groups is 4. The zero-order chi connectivity index (χ0) is 34.8. The van der Waals surface area contributed by atoms with Gasteiger partial charge >= 0.3 is 0 Å². The summed E-state index contributed by atoms with van der Waals surface area (Å²) < 4.78 is 11.3. The maximum atomic E-state index is 6.94. The molecule has 11 heteroatoms. The Hall–Kier alpha value is -6.39. The average molecular weight is 689 g/mol. The lowest BCUT2D eigenvalue weighted by Gasteiger charge is -2.36. The van der Waals surface area contributed by atoms with Crippen molar-refractivity contribution < 1.29 is 9.47 Å². The summed E-state index contributed by atoms with van der Waals surface area (Å²) in [5.74, 6) is 1.09. The molecule has 0 saturated carbocycles. The van der Waals surface area contributed by atoms with Crippen LogP contribution in [0.25, 0.3) is 0 Å². The minimum absolute atomic E-state index is 0.449. The topological polar surface area (TPSA) is 119 Å². The third-order valence-electron chi connectivity index (χ3n) is 8.79. The molecule has 0 amide bonds. The SMILES string of the molecule is COc1ccc(C2=NC(c3ccncn3)(C3(c4ccncn4)N=C(c4ccccc4)C(c4ccccc4)=N3)N=C2c2ccccc2Cl)cc1OC. The van der Waals surface area contributed by atoms with Gasteiger partial charge in [0, 0.05) is 34.6 Å². The fourth-order valence-corrected chi connectivity index (χ4v) is 6.65. The minimum Gasteiger partial charge on any atom is -0.493 e. The third kappa shape index (κ3) is 5.37. The quantitative estimate of drug-likeness (QED) is 0.163. The van der Waals surface area contributed by atoms with E-state index in [1.54, 1.807) is 38.7 Å². The van der Waals surface area contributed by atoms with Crippen LogP contribution in [0, 0.1) is 0 Å². The number of aromatic nitrogens is 4. The highest BCUT2D eigenvalue weighted by molar-refractivity contribution is 6.57. The van der Waals surface area contributed by atoms with E-state index in [0.29, 0.717) is 61.9 Å². The van der Waals surface area contributed by atoms with Gasteiger partial charge in [0.1, 0.15) is 12.7 Å². The van der Waals surface area contributed by atoms with Crippen molar-refractivity contribution >= 4 is 34.4 Å². The van der Waals surface area contributed by atoms with Crippen LogP contribution in [-0.4, -0.2) is 57.0 Å². The summed E-state index contributed by atoms with van der Waals surface area (Å²) in [5.41, 5.74) is 3.09. The molecule has 0 bridgehead atoms. The van der Waals surface area contributed by atoms with Gasteiger partial charge in [-0.05, 0) is 36.4 Å². The first-order chi connectivity index (χ1) is 25.1. The van der Waals surface area contributed by atoms with Gasteiger partial charge in [-0.25, -0.2) is 39.9 Å². The highest BCUT2D eigenvalue weighted by Crippen LogP contribution is 2.53. The molecular weight excluding hydrogens is 660 g/mol. The molecule has 0 fully saturated rings. The molecule has 10 nitrogen and oxygen atoms in total. The van der Waals surface area contributed by atoms with E-state index >= 15 is 0 Å². The summed E-state index contributed by atoms with van der Waals surface area (Å²) in [6.07, 6.45) is 6.27. The maximum absolute atomic E-state index is 6.94. The van der Waals surface area contributed by atoms with E-state index in [2.05, 4.69) is 9.97 Å². The fourth-order valence-electron chi connectivity index (χ4n) is 6.42. The van der Waals surface area contributed by atoms with Crippen molar-refractivity contribution in [2.24, 2.45) is 20.0 Å². The van der Waals surface area contributed by atoms with Crippen molar-refractivity contribution in [3.05, 3.63) is 179 Å². The van der Waals surface area contributed by atoms with E-state index in [1.165, 1.54) is 12.7 Å². The van der Waals surface area contributed by atoms with Crippen molar-refractivity contribution in [1.82, 2.24) is 19.9 Å². The van der Waals surface area contributed by atoms with Crippen molar-refractivity contribution in [1.29, 1.82) is 0 Å². The molecule has 0 saturated heterocycles. The normalized spacial score (nSPS) is 17.6. The van der Waals surface area contributed by atoms with Gasteiger partial charge in [-0.15, -0.1) is 0 Å². The number of hydrogen-bond acceptors (Lipinski definition) is 10. The Morgan fingerprint density at radius 1 is 0.490 bits per heavy atom. The van der Waals surface area contributed by atoms with E-state index < -0.39 is 11.3 Å². The van der Waals surface area contributed by atoms with Crippen LogP contribution in [0.4, 0.5) is 0 Å². The van der Waals surface area contributed by atoms with E-state index in [-0.39, 0.29) is 0 Å². The summed E-state index contributed by atoms with van der Waals surface area (Å²) in [4.78, 5) is 40.3. The monoisotopic (exact) mass is 688 g/mol. The van der Waals surface area contributed by atoms with Gasteiger partial charge in [0.25, 0.3) is 0 Å². The van der Waals surface area contributed by atoms with Gasteiger partial charge < -0.3 is 9.47 Å². The third-order valence-corrected chi connectivity index (χ3v) is 9.12. The molecule has 1 unspecified atom stereocenters. The second-order valence-corrected chi connectivity index (χ2v) is 12.1. The number of rotatable bonds is 9. The van der Waals surface area contributed by atoms with E-state index in [4.69, 9.17) is 51.0 Å². The highest BCUT2D eigenvalue weighted by Gasteiger charge is 2.62. The average Bonchev–Trinajstić information content (AvgIpc) is 3.82. The van der Waals surface area contributed by atoms with Crippen LogP contribution in [0.5, 0.6) is 11.5 Å². The first-order valence-electron chi connectivity index (χ1n) is 16.1. The Labute approximate surface area is 299 Å². The van der Waals surface area contributed by atoms with Gasteiger partial charge in [-0.3, -0.25) is 0 Å². The van der Waals surface area contributed by atoms with Crippen LogP contribution in [0.2, 0.25) is 5.02 Å². The van der Waals surface area contributed by atoms with Crippen LogP contribution >= 0.6 is 11.6 Å². The number of nitrogens with zero attached hydrogens (tertiary/aromatic N) is 8. The number of hydrogen-bond donors (Lipinski definition) is 0. The molecule has 2 aliphatic rings. The smallest absolute Gasteiger partial charge is 0.245 e. The highest BCUT2D eigenvalue weighted by atomic mass is 35.5. The molecule has 2 aliphatic heterocycles. The Balaban J connectivity index is 1.52. The summed E-state index contributed by atoms with van der Waals surface area (Å²) >= 11 is 6.94. The van der Waals surface area contributed by atoms with Crippen LogP contribution in [0.3, 0.4) is 0 Å². The van der Waals surface area contributed by atoms with Crippen molar-refractivity contribution in [2.45, 2.75) is 11.3 Å². The zero-order valence-electron chi connectivity index (χ0n) is 27.6. The molecule has 248 valence electrons. The van der Waals surface area contributed by atoms with Crippen LogP contribution in [0.1, 0.15) is 33.6 Å². The molecule has 0 spiro atoms. The lowest BCUT2D eigenvalue weighted by atomic mass is 9.87. The minimum atomic E-state index is -1.65. The summed E-state index contributed by atoms with van der Waals surface area (Å²) in [7, 11) is 3.19. The molecule has 8 rings (SSSR count). The van der Waals surface area contributed by atoms with Gasteiger partial charge in [-0.1, -0.05) is 90.5 Å². The second kappa shape index (κ2) is 13.1. The standard InChI is InChI=1S/C40H29ClN8O2/c1-50-31-18-17-28(23-32(31)51-2)37-38(29-15-9-10-16-30(29)41)49-40(48-37,34-20-22-43-25-45-34)39(33-19-21-42-24-44-33)46-35(26-11-5-3-6-12-26)36(47-39)27-13-7-4-8-14-27/h3-25H,1-2H3. The fraction of sp³-hybridized carbons (Fsp3) is 0.100. The van der Waals surface area contributed by atoms with Crippen molar-refractivity contribution in [3.63, 3.8) is 0 Å².